The molecule has 3 aromatic rings. The number of nitrogens with zero attached hydrogens (tertiary/aromatic N) is 3. The van der Waals surface area contributed by atoms with Crippen LogP contribution in [0.15, 0.2) is 70.9 Å². The molecule has 0 radical (unpaired) electrons. The van der Waals surface area contributed by atoms with Gasteiger partial charge in [-0.25, -0.2) is 4.79 Å². The van der Waals surface area contributed by atoms with Gasteiger partial charge in [-0.2, -0.15) is 5.10 Å². The molecule has 8 nitrogen and oxygen atoms in total. The van der Waals surface area contributed by atoms with E-state index in [4.69, 9.17) is 20.3 Å². The fourth-order valence-corrected chi connectivity index (χ4v) is 6.59. The van der Waals surface area contributed by atoms with E-state index in [1.54, 1.807) is 23.5 Å². The lowest BCUT2D eigenvalue weighted by Gasteiger charge is -2.27. The van der Waals surface area contributed by atoms with Crippen LogP contribution in [0.2, 0.25) is 0 Å². The molecule has 218 valence electrons. The number of ether oxygens (including phenoxy) is 2. The minimum Gasteiger partial charge on any atom is -0.469 e. The van der Waals surface area contributed by atoms with Gasteiger partial charge in [-0.3, -0.25) is 14.7 Å². The number of aliphatic imine (C=N–C) groups is 1. The van der Waals surface area contributed by atoms with Gasteiger partial charge in [0.25, 0.3) is 0 Å². The van der Waals surface area contributed by atoms with Crippen molar-refractivity contribution < 1.29 is 19.1 Å². The van der Waals surface area contributed by atoms with Crippen LogP contribution in [-0.4, -0.2) is 41.7 Å². The smallest absolute Gasteiger partial charge is 0.338 e. The van der Waals surface area contributed by atoms with Crippen LogP contribution in [0.25, 0.3) is 11.1 Å². The summed E-state index contributed by atoms with van der Waals surface area (Å²) in [6.07, 6.45) is 0.491. The Balaban J connectivity index is 1.57. The first-order valence-electron chi connectivity index (χ1n) is 13.8. The summed E-state index contributed by atoms with van der Waals surface area (Å²) in [7, 11) is 1.39. The lowest BCUT2D eigenvalue weighted by molar-refractivity contribution is -0.142. The van der Waals surface area contributed by atoms with Gasteiger partial charge in [0.15, 0.2) is 0 Å². The highest BCUT2D eigenvalue weighted by molar-refractivity contribution is 7.17. The van der Waals surface area contributed by atoms with Crippen LogP contribution < -0.4 is 10.7 Å². The van der Waals surface area contributed by atoms with E-state index in [0.717, 1.165) is 43.4 Å². The number of methoxy groups -OCH3 is 1. The number of carbonyl (C=O) groups excluding carboxylic acids is 2. The Labute approximate surface area is 250 Å². The fraction of sp³-hybridized carbons (Fsp3) is 0.333. The van der Waals surface area contributed by atoms with E-state index in [-0.39, 0.29) is 11.9 Å². The van der Waals surface area contributed by atoms with Crippen LogP contribution in [-0.2, 0) is 14.3 Å². The Kier molecular flexibility index (Phi) is 7.35. The molecule has 0 saturated heterocycles. The van der Waals surface area contributed by atoms with Crippen LogP contribution in [0, 0.1) is 19.8 Å². The largest absolute Gasteiger partial charge is 0.469 e. The van der Waals surface area contributed by atoms with Crippen molar-refractivity contribution >= 4 is 39.8 Å². The summed E-state index contributed by atoms with van der Waals surface area (Å²) in [4.78, 5) is 33.6. The van der Waals surface area contributed by atoms with Crippen molar-refractivity contribution in [1.29, 1.82) is 0 Å². The maximum absolute atomic E-state index is 12.7. The molecule has 5 rings (SSSR count). The van der Waals surface area contributed by atoms with Gasteiger partial charge in [0.05, 0.1) is 24.3 Å². The number of hydrogen-bond acceptors (Lipinski definition) is 8. The number of amidine groups is 1. The van der Waals surface area contributed by atoms with Crippen LogP contribution >= 0.6 is 11.3 Å². The third-order valence-corrected chi connectivity index (χ3v) is 9.02. The average Bonchev–Trinajstić information content (AvgIpc) is 3.64. The molecule has 9 heteroatoms. The number of hydrazone groups is 1. The monoisotopic (exact) mass is 584 g/mol. The SMILES string of the molecule is C=C1N(/C(C)=N\N)c2sc(C)c(C)c2C(c2ccc(-c3ccc(C(=O)OC(C)(C)C)cc3)cc2)=NC12CC2C(=O)OC. The maximum atomic E-state index is 12.7. The van der Waals surface area contributed by atoms with E-state index in [1.807, 2.05) is 69.0 Å². The zero-order chi connectivity index (χ0) is 30.6. The van der Waals surface area contributed by atoms with Gasteiger partial charge < -0.3 is 15.3 Å². The molecule has 2 unspecified atom stereocenters. The molecule has 1 spiro atoms. The van der Waals surface area contributed by atoms with Crippen molar-refractivity contribution in [3.05, 3.63) is 87.9 Å². The van der Waals surface area contributed by atoms with Crippen molar-refractivity contribution in [2.24, 2.45) is 21.9 Å². The molecular weight excluding hydrogens is 548 g/mol. The molecule has 1 aliphatic carbocycles. The number of carbonyl (C=O) groups is 2. The minimum atomic E-state index is -0.858. The summed E-state index contributed by atoms with van der Waals surface area (Å²) in [5.74, 6) is 5.23. The zero-order valence-electron chi connectivity index (χ0n) is 25.1. The second kappa shape index (κ2) is 10.5. The van der Waals surface area contributed by atoms with Gasteiger partial charge in [0.1, 0.15) is 22.0 Å². The Morgan fingerprint density at radius 3 is 2.19 bits per heavy atom. The summed E-state index contributed by atoms with van der Waals surface area (Å²) in [5.41, 5.74) is 5.50. The highest BCUT2D eigenvalue weighted by Gasteiger charge is 2.64. The van der Waals surface area contributed by atoms with Gasteiger partial charge in [-0.15, -0.1) is 11.3 Å². The summed E-state index contributed by atoms with van der Waals surface area (Å²) >= 11 is 1.63. The van der Waals surface area contributed by atoms with Crippen LogP contribution in [0.5, 0.6) is 0 Å². The standard InChI is InChI=1S/C33H36N4O4S/c1-18-19(2)42-29-27(18)28(35-33(17-26(33)31(39)40-8)20(3)37(29)21(4)36-34)24-13-9-22(10-14-24)23-11-15-25(16-12-23)30(38)41-32(5,6)7/h9-16,26H,3,17,34H2,1-2,4-8H3/b36-21-. The number of aryl methyl sites for hydroxylation is 1. The number of fused-ring (bicyclic) bond motifs is 1. The molecule has 0 amide bonds. The first-order chi connectivity index (χ1) is 19.8. The third kappa shape index (κ3) is 5.02. The van der Waals surface area contributed by atoms with E-state index >= 15 is 0 Å². The first-order valence-corrected chi connectivity index (χ1v) is 14.6. The van der Waals surface area contributed by atoms with Crippen molar-refractivity contribution in [3.8, 4) is 11.1 Å². The molecule has 2 heterocycles. The molecule has 42 heavy (non-hydrogen) atoms. The highest BCUT2D eigenvalue weighted by atomic mass is 32.1. The molecule has 0 bridgehead atoms. The van der Waals surface area contributed by atoms with E-state index < -0.39 is 17.1 Å². The second-order valence-electron chi connectivity index (χ2n) is 11.7. The van der Waals surface area contributed by atoms with Gasteiger partial charge in [0.2, 0.25) is 0 Å². The summed E-state index contributed by atoms with van der Waals surface area (Å²) in [6, 6.07) is 15.5. The third-order valence-electron chi connectivity index (χ3n) is 7.83. The van der Waals surface area contributed by atoms with Gasteiger partial charge >= 0.3 is 11.9 Å². The number of rotatable bonds is 4. The topological polar surface area (TPSA) is 107 Å². The van der Waals surface area contributed by atoms with Crippen LogP contribution in [0.3, 0.4) is 0 Å². The number of anilines is 1. The van der Waals surface area contributed by atoms with Crippen molar-refractivity contribution in [2.75, 3.05) is 12.0 Å². The predicted octanol–water partition coefficient (Wildman–Crippen LogP) is 6.38. The lowest BCUT2D eigenvalue weighted by Crippen LogP contribution is -2.35. The zero-order valence-corrected chi connectivity index (χ0v) is 25.9. The first kappa shape index (κ1) is 29.3. The van der Waals surface area contributed by atoms with Gasteiger partial charge in [-0.05, 0) is 76.8 Å². The van der Waals surface area contributed by atoms with Gasteiger partial charge in [-0.1, -0.05) is 43.0 Å². The van der Waals surface area contributed by atoms with Crippen molar-refractivity contribution in [2.45, 2.75) is 59.1 Å². The number of nitrogens with two attached hydrogens (primary N) is 1. The van der Waals surface area contributed by atoms with E-state index in [0.29, 0.717) is 23.5 Å². The number of thiophene rings is 1. The Bertz CT molecular complexity index is 1640. The number of hydrogen-bond donors (Lipinski definition) is 1. The average molecular weight is 585 g/mol. The second-order valence-corrected chi connectivity index (χ2v) is 12.9. The summed E-state index contributed by atoms with van der Waals surface area (Å²) in [5, 5.41) is 4.92. The lowest BCUT2D eigenvalue weighted by atomic mass is 9.96. The van der Waals surface area contributed by atoms with Crippen molar-refractivity contribution in [1.82, 2.24) is 0 Å². The molecule has 1 saturated carbocycles. The highest BCUT2D eigenvalue weighted by Crippen LogP contribution is 2.57. The summed E-state index contributed by atoms with van der Waals surface area (Å²) in [6.45, 7) is 16.0. The Morgan fingerprint density at radius 2 is 1.64 bits per heavy atom. The molecule has 1 aliphatic heterocycles. The van der Waals surface area contributed by atoms with Crippen LogP contribution in [0.4, 0.5) is 5.00 Å². The molecule has 2 N–H and O–H groups in total. The molecule has 1 fully saturated rings. The van der Waals surface area contributed by atoms with Crippen LogP contribution in [0.1, 0.15) is 66.0 Å². The van der Waals surface area contributed by atoms with E-state index in [2.05, 4.69) is 25.5 Å². The quantitative estimate of drug-likeness (QED) is 0.125. The molecule has 2 aliphatic rings. The fourth-order valence-electron chi connectivity index (χ4n) is 5.36. The van der Waals surface area contributed by atoms with E-state index in [1.165, 1.54) is 7.11 Å². The summed E-state index contributed by atoms with van der Waals surface area (Å²) < 4.78 is 10.6. The predicted molar refractivity (Wildman–Crippen MR) is 168 cm³/mol. The minimum absolute atomic E-state index is 0.315. The number of benzene rings is 2. The molecule has 2 atom stereocenters. The van der Waals surface area contributed by atoms with Crippen molar-refractivity contribution in [3.63, 3.8) is 0 Å². The Morgan fingerprint density at radius 1 is 1.07 bits per heavy atom. The van der Waals surface area contributed by atoms with Gasteiger partial charge in [0, 0.05) is 21.7 Å². The normalized spacial score (nSPS) is 20.1. The Hall–Kier alpha value is -4.24. The molecular formula is C33H36N4O4S. The maximum Gasteiger partial charge on any atom is 0.338 e. The molecule has 1 aromatic heterocycles. The molecule has 2 aromatic carbocycles. The van der Waals surface area contributed by atoms with E-state index in [9.17, 15) is 9.59 Å². The number of esters is 2.